The van der Waals surface area contributed by atoms with E-state index in [1.54, 1.807) is 26.0 Å². The summed E-state index contributed by atoms with van der Waals surface area (Å²) in [5.74, 6) is 0.680. The first-order valence-corrected chi connectivity index (χ1v) is 12.0. The molecule has 31 heavy (non-hydrogen) atoms. The first kappa shape index (κ1) is 23.0. The summed E-state index contributed by atoms with van der Waals surface area (Å²) >= 11 is 0. The van der Waals surface area contributed by atoms with Crippen molar-refractivity contribution in [3.8, 4) is 0 Å². The molecule has 0 saturated carbocycles. The number of carbonyl (C=O) groups is 1. The van der Waals surface area contributed by atoms with E-state index in [9.17, 15) is 13.2 Å². The molecule has 1 amide bonds. The second-order valence-corrected chi connectivity index (χ2v) is 9.41. The van der Waals surface area contributed by atoms with Crippen molar-refractivity contribution in [1.82, 2.24) is 19.2 Å². The van der Waals surface area contributed by atoms with Crippen molar-refractivity contribution in [2.75, 3.05) is 19.6 Å². The molecule has 1 aromatic heterocycles. The van der Waals surface area contributed by atoms with E-state index in [-0.39, 0.29) is 10.8 Å². The molecular formula is C23H30N4O3S. The normalized spacial score (nSPS) is 11.9. The van der Waals surface area contributed by atoms with Gasteiger partial charge in [-0.05, 0) is 50.1 Å². The summed E-state index contributed by atoms with van der Waals surface area (Å²) < 4.78 is 29.1. The highest BCUT2D eigenvalue weighted by Crippen LogP contribution is 2.20. The molecule has 0 unspecified atom stereocenters. The third kappa shape index (κ3) is 4.80. The van der Waals surface area contributed by atoms with Crippen LogP contribution in [0.25, 0.3) is 11.0 Å². The number of sulfonamides is 1. The summed E-state index contributed by atoms with van der Waals surface area (Å²) in [6, 6.07) is 12.7. The van der Waals surface area contributed by atoms with Gasteiger partial charge in [0.15, 0.2) is 0 Å². The molecule has 1 N–H and O–H groups in total. The number of aromatic nitrogens is 2. The average molecular weight is 443 g/mol. The number of amides is 1. The monoisotopic (exact) mass is 442 g/mol. The summed E-state index contributed by atoms with van der Waals surface area (Å²) in [5.41, 5.74) is 3.17. The first-order valence-electron chi connectivity index (χ1n) is 10.6. The smallest absolute Gasteiger partial charge is 0.251 e. The minimum Gasteiger partial charge on any atom is -0.352 e. The van der Waals surface area contributed by atoms with Crippen LogP contribution in [0.5, 0.6) is 0 Å². The van der Waals surface area contributed by atoms with Crippen LogP contribution in [0.4, 0.5) is 0 Å². The molecule has 0 aliphatic rings. The van der Waals surface area contributed by atoms with Gasteiger partial charge in [-0.2, -0.15) is 4.31 Å². The number of carbonyl (C=O) groups excluding carboxylic acids is 1. The minimum atomic E-state index is -3.61. The van der Waals surface area contributed by atoms with E-state index in [0.717, 1.165) is 35.4 Å². The molecule has 0 aliphatic heterocycles. The maximum Gasteiger partial charge on any atom is 0.251 e. The number of nitrogens with one attached hydrogen (secondary N) is 1. The number of para-hydroxylation sites is 2. The van der Waals surface area contributed by atoms with Crippen LogP contribution in [-0.2, 0) is 16.6 Å². The van der Waals surface area contributed by atoms with Crippen LogP contribution in [0, 0.1) is 13.8 Å². The number of hydrogen-bond donors (Lipinski definition) is 1. The second-order valence-electron chi connectivity index (χ2n) is 7.47. The van der Waals surface area contributed by atoms with Crippen LogP contribution < -0.4 is 5.32 Å². The molecule has 166 valence electrons. The molecule has 7 nitrogen and oxygen atoms in total. The molecule has 8 heteroatoms. The Labute approximate surface area is 184 Å². The number of fused-ring (bicyclic) bond motifs is 1. The fourth-order valence-corrected chi connectivity index (χ4v) is 5.22. The lowest BCUT2D eigenvalue weighted by Gasteiger charge is -2.19. The van der Waals surface area contributed by atoms with Gasteiger partial charge in [-0.1, -0.05) is 32.0 Å². The van der Waals surface area contributed by atoms with Crippen LogP contribution in [0.2, 0.25) is 0 Å². The molecule has 0 bridgehead atoms. The van der Waals surface area contributed by atoms with Gasteiger partial charge in [-0.15, -0.1) is 0 Å². The van der Waals surface area contributed by atoms with Gasteiger partial charge in [0.2, 0.25) is 10.0 Å². The topological polar surface area (TPSA) is 84.3 Å². The van der Waals surface area contributed by atoms with Crippen molar-refractivity contribution in [3.05, 3.63) is 59.4 Å². The Morgan fingerprint density at radius 3 is 2.52 bits per heavy atom. The Balaban J connectivity index is 1.67. The Bertz CT molecular complexity index is 1180. The molecule has 3 aromatic rings. The molecule has 0 fully saturated rings. The zero-order valence-electron chi connectivity index (χ0n) is 18.6. The number of nitrogens with zero attached hydrogens (tertiary/aromatic N) is 3. The SMILES string of the molecule is CCN(CC)S(=O)(=O)c1ccc(C)c(C(=O)NCCCn2c(C)nc3ccccc32)c1. The van der Waals surface area contributed by atoms with Gasteiger partial charge in [-0.3, -0.25) is 4.79 Å². The third-order valence-corrected chi connectivity index (χ3v) is 7.53. The third-order valence-electron chi connectivity index (χ3n) is 5.49. The lowest BCUT2D eigenvalue weighted by Crippen LogP contribution is -2.31. The Kier molecular flexibility index (Phi) is 7.12. The fraction of sp³-hybridized carbons (Fsp3) is 0.391. The Morgan fingerprint density at radius 1 is 1.10 bits per heavy atom. The summed E-state index contributed by atoms with van der Waals surface area (Å²) in [6.45, 7) is 9.38. The number of rotatable bonds is 9. The molecule has 0 spiro atoms. The number of aryl methyl sites for hydroxylation is 3. The van der Waals surface area contributed by atoms with Crippen molar-refractivity contribution in [2.24, 2.45) is 0 Å². The fourth-order valence-electron chi connectivity index (χ4n) is 3.73. The average Bonchev–Trinajstić information content (AvgIpc) is 3.07. The molecule has 0 atom stereocenters. The summed E-state index contributed by atoms with van der Waals surface area (Å²) in [6.07, 6.45) is 0.740. The highest BCUT2D eigenvalue weighted by Gasteiger charge is 2.23. The molecule has 0 aliphatic carbocycles. The minimum absolute atomic E-state index is 0.146. The van der Waals surface area contributed by atoms with E-state index in [2.05, 4.69) is 14.9 Å². The van der Waals surface area contributed by atoms with Crippen LogP contribution in [-0.4, -0.2) is 47.8 Å². The van der Waals surface area contributed by atoms with Crippen LogP contribution in [0.1, 0.15) is 42.0 Å². The lowest BCUT2D eigenvalue weighted by atomic mass is 10.1. The Hall–Kier alpha value is -2.71. The largest absolute Gasteiger partial charge is 0.352 e. The van der Waals surface area contributed by atoms with Gasteiger partial charge in [-0.25, -0.2) is 13.4 Å². The van der Waals surface area contributed by atoms with Crippen LogP contribution >= 0.6 is 0 Å². The van der Waals surface area contributed by atoms with Gasteiger partial charge in [0.05, 0.1) is 15.9 Å². The zero-order valence-corrected chi connectivity index (χ0v) is 19.4. The number of hydrogen-bond acceptors (Lipinski definition) is 4. The van der Waals surface area contributed by atoms with Gasteiger partial charge in [0.1, 0.15) is 5.82 Å². The molecule has 0 saturated heterocycles. The highest BCUT2D eigenvalue weighted by atomic mass is 32.2. The standard InChI is InChI=1S/C23H30N4O3S/c1-5-26(6-2)31(29,30)19-13-12-17(3)20(16-19)23(28)24-14-9-15-27-18(4)25-21-10-7-8-11-22(21)27/h7-8,10-13,16H,5-6,9,14-15H2,1-4H3,(H,24,28). The van der Waals surface area contributed by atoms with E-state index >= 15 is 0 Å². The maximum absolute atomic E-state index is 12.8. The zero-order chi connectivity index (χ0) is 22.6. The van der Waals surface area contributed by atoms with Gasteiger partial charge >= 0.3 is 0 Å². The van der Waals surface area contributed by atoms with Crippen molar-refractivity contribution < 1.29 is 13.2 Å². The van der Waals surface area contributed by atoms with E-state index < -0.39 is 10.0 Å². The van der Waals surface area contributed by atoms with E-state index in [0.29, 0.717) is 25.2 Å². The van der Waals surface area contributed by atoms with Crippen LogP contribution in [0.3, 0.4) is 0 Å². The van der Waals surface area contributed by atoms with Crippen molar-refractivity contribution in [3.63, 3.8) is 0 Å². The van der Waals surface area contributed by atoms with Gasteiger partial charge in [0, 0.05) is 31.7 Å². The van der Waals surface area contributed by atoms with E-state index in [1.165, 1.54) is 10.4 Å². The predicted octanol–water partition coefficient (Wildman–Crippen LogP) is 3.50. The lowest BCUT2D eigenvalue weighted by molar-refractivity contribution is 0.0952. The highest BCUT2D eigenvalue weighted by molar-refractivity contribution is 7.89. The number of benzene rings is 2. The predicted molar refractivity (Wildman–Crippen MR) is 123 cm³/mol. The summed E-state index contributed by atoms with van der Waals surface area (Å²) in [5, 5.41) is 2.92. The van der Waals surface area contributed by atoms with Crippen molar-refractivity contribution in [2.45, 2.75) is 45.6 Å². The second kappa shape index (κ2) is 9.62. The quantitative estimate of drug-likeness (QED) is 0.514. The van der Waals surface area contributed by atoms with Crippen molar-refractivity contribution in [1.29, 1.82) is 0 Å². The van der Waals surface area contributed by atoms with Gasteiger partial charge < -0.3 is 9.88 Å². The summed E-state index contributed by atoms with van der Waals surface area (Å²) in [4.78, 5) is 17.5. The molecule has 0 radical (unpaired) electrons. The van der Waals surface area contributed by atoms with E-state index in [1.807, 2.05) is 38.1 Å². The number of imidazole rings is 1. The first-order chi connectivity index (χ1) is 14.8. The molecule has 1 heterocycles. The molecule has 3 rings (SSSR count). The Morgan fingerprint density at radius 2 is 1.81 bits per heavy atom. The molecule has 2 aromatic carbocycles. The van der Waals surface area contributed by atoms with Crippen molar-refractivity contribution >= 4 is 27.0 Å². The van der Waals surface area contributed by atoms with Gasteiger partial charge in [0.25, 0.3) is 5.91 Å². The maximum atomic E-state index is 12.8. The summed E-state index contributed by atoms with van der Waals surface area (Å²) in [7, 11) is -3.61. The molecular weight excluding hydrogens is 412 g/mol. The van der Waals surface area contributed by atoms with Crippen LogP contribution in [0.15, 0.2) is 47.4 Å². The van der Waals surface area contributed by atoms with E-state index in [4.69, 9.17) is 0 Å².